The molecule has 0 atom stereocenters. The Balaban J connectivity index is 1.49. The number of hydrogen-bond acceptors (Lipinski definition) is 3. The van der Waals surface area contributed by atoms with Crippen molar-refractivity contribution in [2.45, 2.75) is 6.54 Å². The Morgan fingerprint density at radius 1 is 1.08 bits per heavy atom. The van der Waals surface area contributed by atoms with Crippen molar-refractivity contribution in [3.8, 4) is 11.3 Å². The molecule has 130 valence electrons. The zero-order valence-electron chi connectivity index (χ0n) is 14.1. The lowest BCUT2D eigenvalue weighted by atomic mass is 10.1. The van der Waals surface area contributed by atoms with Gasteiger partial charge in [-0.05, 0) is 42.5 Å². The quantitative estimate of drug-likeness (QED) is 0.615. The first kappa shape index (κ1) is 16.0. The summed E-state index contributed by atoms with van der Waals surface area (Å²) in [6.45, 7) is 0.0616. The maximum Gasteiger partial charge on any atom is 0.247 e. The highest BCUT2D eigenvalue weighted by Crippen LogP contribution is 2.22. The second-order valence-electron chi connectivity index (χ2n) is 5.94. The van der Waals surface area contributed by atoms with Gasteiger partial charge < -0.3 is 5.32 Å². The van der Waals surface area contributed by atoms with Gasteiger partial charge in [0, 0.05) is 24.2 Å². The first-order valence-electron chi connectivity index (χ1n) is 8.11. The van der Waals surface area contributed by atoms with Crippen LogP contribution in [0.4, 0.5) is 10.2 Å². The Morgan fingerprint density at radius 2 is 1.85 bits per heavy atom. The van der Waals surface area contributed by atoms with Gasteiger partial charge in [0.2, 0.25) is 5.91 Å². The Morgan fingerprint density at radius 3 is 2.65 bits per heavy atom. The van der Waals surface area contributed by atoms with Gasteiger partial charge in [-0.25, -0.2) is 4.39 Å². The molecule has 0 saturated heterocycles. The van der Waals surface area contributed by atoms with E-state index in [1.807, 2.05) is 31.3 Å². The molecule has 0 bridgehead atoms. The monoisotopic (exact) mass is 349 g/mol. The number of para-hydroxylation sites is 1. The molecule has 1 amide bonds. The number of carbonyl (C=O) groups is 1. The summed E-state index contributed by atoms with van der Waals surface area (Å²) in [4.78, 5) is 12.4. The van der Waals surface area contributed by atoms with Crippen LogP contribution in [-0.2, 0) is 18.4 Å². The van der Waals surface area contributed by atoms with Crippen LogP contribution in [0.15, 0.2) is 60.8 Å². The highest BCUT2D eigenvalue weighted by molar-refractivity contribution is 5.99. The number of amides is 1. The molecule has 0 aliphatic carbocycles. The number of benzene rings is 2. The first-order valence-corrected chi connectivity index (χ1v) is 8.11. The second kappa shape index (κ2) is 6.44. The summed E-state index contributed by atoms with van der Waals surface area (Å²) in [5.74, 6) is 0.0109. The van der Waals surface area contributed by atoms with Crippen molar-refractivity contribution in [2.75, 3.05) is 5.32 Å². The number of rotatable bonds is 4. The van der Waals surface area contributed by atoms with E-state index in [1.165, 1.54) is 12.1 Å². The summed E-state index contributed by atoms with van der Waals surface area (Å²) in [6, 6.07) is 15.6. The van der Waals surface area contributed by atoms with Gasteiger partial charge in [-0.1, -0.05) is 12.1 Å². The molecule has 0 aliphatic rings. The van der Waals surface area contributed by atoms with E-state index in [9.17, 15) is 9.18 Å². The van der Waals surface area contributed by atoms with E-state index in [4.69, 9.17) is 0 Å². The summed E-state index contributed by atoms with van der Waals surface area (Å²) in [5.41, 5.74) is 2.42. The molecule has 0 aliphatic heterocycles. The molecule has 0 saturated carbocycles. The van der Waals surface area contributed by atoms with Crippen LogP contribution in [0.25, 0.3) is 22.2 Å². The standard InChI is InChI=1S/C19H16FN5O/c1-24-17-5-3-2-4-15(17)19(23-24)21-18(26)12-25-11-10-16(22-25)13-6-8-14(20)9-7-13/h2-11H,12H2,1H3,(H,21,23,26). The van der Waals surface area contributed by atoms with Crippen molar-refractivity contribution in [2.24, 2.45) is 7.05 Å². The Hall–Kier alpha value is -3.48. The van der Waals surface area contributed by atoms with Gasteiger partial charge in [-0.2, -0.15) is 10.2 Å². The van der Waals surface area contributed by atoms with Crippen LogP contribution in [0.1, 0.15) is 0 Å². The van der Waals surface area contributed by atoms with Crippen molar-refractivity contribution in [1.29, 1.82) is 0 Å². The van der Waals surface area contributed by atoms with Gasteiger partial charge in [0.15, 0.2) is 5.82 Å². The summed E-state index contributed by atoms with van der Waals surface area (Å²) < 4.78 is 16.3. The highest BCUT2D eigenvalue weighted by Gasteiger charge is 2.12. The van der Waals surface area contributed by atoms with Crippen molar-refractivity contribution in [3.05, 3.63) is 66.6 Å². The van der Waals surface area contributed by atoms with Crippen LogP contribution < -0.4 is 5.32 Å². The number of nitrogens with one attached hydrogen (secondary N) is 1. The molecule has 2 heterocycles. The number of nitrogens with zero attached hydrogens (tertiary/aromatic N) is 4. The molecule has 4 rings (SSSR count). The van der Waals surface area contributed by atoms with Crippen molar-refractivity contribution in [1.82, 2.24) is 19.6 Å². The number of anilines is 1. The number of halogens is 1. The number of fused-ring (bicyclic) bond motifs is 1. The SMILES string of the molecule is Cn1nc(NC(=O)Cn2ccc(-c3ccc(F)cc3)n2)c2ccccc21. The minimum atomic E-state index is -0.296. The maximum absolute atomic E-state index is 13.0. The molecule has 7 heteroatoms. The Kier molecular flexibility index (Phi) is 3.96. The molecule has 0 radical (unpaired) electrons. The minimum absolute atomic E-state index is 0.0616. The van der Waals surface area contributed by atoms with E-state index in [1.54, 1.807) is 33.8 Å². The van der Waals surface area contributed by atoms with Gasteiger partial charge in [0.25, 0.3) is 0 Å². The third-order valence-corrected chi connectivity index (χ3v) is 4.10. The van der Waals surface area contributed by atoms with Crippen molar-refractivity contribution >= 4 is 22.6 Å². The smallest absolute Gasteiger partial charge is 0.247 e. The zero-order chi connectivity index (χ0) is 18.1. The Bertz CT molecular complexity index is 1080. The topological polar surface area (TPSA) is 64.7 Å². The molecule has 6 nitrogen and oxygen atoms in total. The predicted octanol–water partition coefficient (Wildman–Crippen LogP) is 3.21. The van der Waals surface area contributed by atoms with Gasteiger partial charge in [0.05, 0.1) is 11.2 Å². The average molecular weight is 349 g/mol. The van der Waals surface area contributed by atoms with Crippen LogP contribution in [0.5, 0.6) is 0 Å². The second-order valence-corrected chi connectivity index (χ2v) is 5.94. The predicted molar refractivity (Wildman–Crippen MR) is 97.0 cm³/mol. The van der Waals surface area contributed by atoms with E-state index >= 15 is 0 Å². The van der Waals surface area contributed by atoms with Gasteiger partial charge in [-0.3, -0.25) is 14.2 Å². The molecule has 1 N–H and O–H groups in total. The fourth-order valence-corrected chi connectivity index (χ4v) is 2.85. The summed E-state index contributed by atoms with van der Waals surface area (Å²) in [7, 11) is 1.83. The zero-order valence-corrected chi connectivity index (χ0v) is 14.1. The van der Waals surface area contributed by atoms with Gasteiger partial charge in [0.1, 0.15) is 12.4 Å². The molecule has 0 spiro atoms. The first-order chi connectivity index (χ1) is 12.6. The average Bonchev–Trinajstić information content (AvgIpc) is 3.21. The largest absolute Gasteiger partial charge is 0.307 e. The van der Waals surface area contributed by atoms with Crippen LogP contribution in [0.2, 0.25) is 0 Å². The van der Waals surface area contributed by atoms with E-state index in [0.717, 1.165) is 16.5 Å². The lowest BCUT2D eigenvalue weighted by Gasteiger charge is -2.03. The molecular weight excluding hydrogens is 333 g/mol. The van der Waals surface area contributed by atoms with E-state index in [-0.39, 0.29) is 18.3 Å². The molecular formula is C19H16FN5O. The summed E-state index contributed by atoms with van der Waals surface area (Å²) in [5, 5.41) is 12.4. The maximum atomic E-state index is 13.0. The molecule has 0 fully saturated rings. The lowest BCUT2D eigenvalue weighted by molar-refractivity contribution is -0.116. The van der Waals surface area contributed by atoms with Crippen molar-refractivity contribution < 1.29 is 9.18 Å². The highest BCUT2D eigenvalue weighted by atomic mass is 19.1. The van der Waals surface area contributed by atoms with Crippen molar-refractivity contribution in [3.63, 3.8) is 0 Å². The molecule has 2 aromatic heterocycles. The normalized spacial score (nSPS) is 11.0. The third-order valence-electron chi connectivity index (χ3n) is 4.10. The fourth-order valence-electron chi connectivity index (χ4n) is 2.85. The molecule has 2 aromatic carbocycles. The van der Waals surface area contributed by atoms with E-state index in [2.05, 4.69) is 15.5 Å². The van der Waals surface area contributed by atoms with Gasteiger partial charge >= 0.3 is 0 Å². The third kappa shape index (κ3) is 3.06. The van der Waals surface area contributed by atoms with Gasteiger partial charge in [-0.15, -0.1) is 0 Å². The van der Waals surface area contributed by atoms with E-state index in [0.29, 0.717) is 11.5 Å². The molecule has 4 aromatic rings. The van der Waals surface area contributed by atoms with Crippen LogP contribution in [0.3, 0.4) is 0 Å². The Labute approximate surface area is 148 Å². The van der Waals surface area contributed by atoms with Crippen LogP contribution in [0, 0.1) is 5.82 Å². The minimum Gasteiger partial charge on any atom is -0.307 e. The summed E-state index contributed by atoms with van der Waals surface area (Å²) >= 11 is 0. The summed E-state index contributed by atoms with van der Waals surface area (Å²) in [6.07, 6.45) is 1.72. The fraction of sp³-hybridized carbons (Fsp3) is 0.105. The number of aryl methyl sites for hydroxylation is 1. The molecule has 0 unspecified atom stereocenters. The number of hydrogen-bond donors (Lipinski definition) is 1. The van der Waals surface area contributed by atoms with Crippen LogP contribution >= 0.6 is 0 Å². The van der Waals surface area contributed by atoms with Crippen LogP contribution in [-0.4, -0.2) is 25.5 Å². The number of aromatic nitrogens is 4. The van der Waals surface area contributed by atoms with E-state index < -0.39 is 0 Å². The molecule has 26 heavy (non-hydrogen) atoms. The number of carbonyl (C=O) groups excluding carboxylic acids is 1. The lowest BCUT2D eigenvalue weighted by Crippen LogP contribution is -2.19.